The molecule has 0 N–H and O–H groups in total. The predicted octanol–water partition coefficient (Wildman–Crippen LogP) is 2.42. The van der Waals surface area contributed by atoms with Gasteiger partial charge in [0.05, 0.1) is 20.1 Å². The number of carbonyl (C=O) groups is 1. The van der Waals surface area contributed by atoms with Gasteiger partial charge in [-0.05, 0) is 37.5 Å². The van der Waals surface area contributed by atoms with Gasteiger partial charge in [0.1, 0.15) is 5.75 Å². The third-order valence-corrected chi connectivity index (χ3v) is 4.20. The smallest absolute Gasteiger partial charge is 0.266 e. The lowest BCUT2D eigenvalue weighted by molar-refractivity contribution is -0.135. The lowest BCUT2D eigenvalue weighted by Crippen LogP contribution is -2.47. The van der Waals surface area contributed by atoms with E-state index in [0.29, 0.717) is 24.5 Å². The fourth-order valence-corrected chi connectivity index (χ4v) is 2.95. The third-order valence-electron chi connectivity index (χ3n) is 4.20. The third kappa shape index (κ3) is 3.39. The molecule has 1 aliphatic heterocycles. The number of likely N-dealkylation sites (tertiary alicyclic amines) is 1. The van der Waals surface area contributed by atoms with E-state index in [4.69, 9.17) is 9.26 Å². The van der Waals surface area contributed by atoms with Crippen LogP contribution in [0.25, 0.3) is 0 Å². The molecule has 0 radical (unpaired) electrons. The van der Waals surface area contributed by atoms with Crippen molar-refractivity contribution < 1.29 is 18.4 Å². The van der Waals surface area contributed by atoms with Gasteiger partial charge in [-0.15, -0.1) is 0 Å². The van der Waals surface area contributed by atoms with Crippen molar-refractivity contribution in [3.05, 3.63) is 41.5 Å². The number of hydrogen-bond acceptors (Lipinski definition) is 5. The Kier molecular flexibility index (Phi) is 4.51. The van der Waals surface area contributed by atoms with Crippen molar-refractivity contribution in [2.24, 2.45) is 0 Å². The summed E-state index contributed by atoms with van der Waals surface area (Å²) in [5.74, 6) is 0.919. The van der Waals surface area contributed by atoms with Crippen LogP contribution in [0.5, 0.6) is 5.75 Å². The molecular formula is C17H20FN3O3. The van der Waals surface area contributed by atoms with Crippen molar-refractivity contribution in [2.45, 2.75) is 31.9 Å². The fraction of sp³-hybridized carbons (Fsp3) is 0.471. The van der Waals surface area contributed by atoms with Gasteiger partial charge in [0.25, 0.3) is 5.89 Å². The summed E-state index contributed by atoms with van der Waals surface area (Å²) in [6.07, 6.45) is 1.04. The Morgan fingerprint density at radius 3 is 3.04 bits per heavy atom. The first-order valence-electron chi connectivity index (χ1n) is 7.90. The number of rotatable bonds is 4. The van der Waals surface area contributed by atoms with Crippen molar-refractivity contribution in [1.82, 2.24) is 15.0 Å². The van der Waals surface area contributed by atoms with Crippen LogP contribution >= 0.6 is 0 Å². The van der Waals surface area contributed by atoms with Gasteiger partial charge in [-0.2, -0.15) is 4.98 Å². The average molecular weight is 333 g/mol. The van der Waals surface area contributed by atoms with Gasteiger partial charge in [-0.3, -0.25) is 4.79 Å². The Labute approximate surface area is 139 Å². The summed E-state index contributed by atoms with van der Waals surface area (Å²) in [7, 11) is 1.58. The second-order valence-corrected chi connectivity index (χ2v) is 6.06. The summed E-state index contributed by atoms with van der Waals surface area (Å²) in [5, 5.41) is 3.65. The highest BCUT2D eigenvalue weighted by Gasteiger charge is 2.43. The molecule has 6 nitrogen and oxygen atoms in total. The van der Waals surface area contributed by atoms with E-state index >= 15 is 4.39 Å². The number of nitrogens with zero attached hydrogens (tertiary/aromatic N) is 3. The molecule has 128 valence electrons. The summed E-state index contributed by atoms with van der Waals surface area (Å²) in [6.45, 7) is 2.12. The Balaban J connectivity index is 1.71. The largest absolute Gasteiger partial charge is 0.497 e. The van der Waals surface area contributed by atoms with E-state index in [1.54, 1.807) is 14.0 Å². The predicted molar refractivity (Wildman–Crippen MR) is 84.3 cm³/mol. The normalized spacial score (nSPS) is 20.9. The Bertz CT molecular complexity index is 733. The van der Waals surface area contributed by atoms with Crippen LogP contribution in [0, 0.1) is 6.92 Å². The van der Waals surface area contributed by atoms with Crippen LogP contribution in [0.15, 0.2) is 28.8 Å². The van der Waals surface area contributed by atoms with Crippen molar-refractivity contribution in [3.8, 4) is 5.75 Å². The van der Waals surface area contributed by atoms with Gasteiger partial charge in [0.2, 0.25) is 11.6 Å². The topological polar surface area (TPSA) is 68.5 Å². The second kappa shape index (κ2) is 6.59. The summed E-state index contributed by atoms with van der Waals surface area (Å²) in [4.78, 5) is 18.1. The van der Waals surface area contributed by atoms with Crippen LogP contribution in [0.1, 0.15) is 30.1 Å². The van der Waals surface area contributed by atoms with Gasteiger partial charge >= 0.3 is 0 Å². The molecule has 0 spiro atoms. The van der Waals surface area contributed by atoms with Crippen molar-refractivity contribution in [2.75, 3.05) is 20.2 Å². The molecule has 1 saturated heterocycles. The van der Waals surface area contributed by atoms with Crippen molar-refractivity contribution in [1.29, 1.82) is 0 Å². The molecule has 2 aromatic rings. The number of hydrogen-bond donors (Lipinski definition) is 0. The minimum atomic E-state index is -1.77. The average Bonchev–Trinajstić information content (AvgIpc) is 3.02. The molecule has 24 heavy (non-hydrogen) atoms. The van der Waals surface area contributed by atoms with Crippen LogP contribution < -0.4 is 4.74 Å². The zero-order valence-corrected chi connectivity index (χ0v) is 13.8. The molecule has 1 amide bonds. The number of piperidine rings is 1. The maximum Gasteiger partial charge on any atom is 0.266 e. The number of amides is 1. The van der Waals surface area contributed by atoms with Crippen LogP contribution in [0.3, 0.4) is 0 Å². The highest BCUT2D eigenvalue weighted by atomic mass is 19.1. The zero-order chi connectivity index (χ0) is 17.2. The molecular weight excluding hydrogens is 313 g/mol. The van der Waals surface area contributed by atoms with Crippen LogP contribution in [0.2, 0.25) is 0 Å². The number of alkyl halides is 1. The standard InChI is InChI=1S/C17H20FN3O3/c1-12-19-16(24-20-12)17(18)7-4-8-21(11-17)15(22)10-13-5-3-6-14(9-13)23-2/h3,5-6,9H,4,7-8,10-11H2,1-2H3. The quantitative estimate of drug-likeness (QED) is 0.859. The zero-order valence-electron chi connectivity index (χ0n) is 13.8. The number of aromatic nitrogens is 2. The van der Waals surface area contributed by atoms with Gasteiger partial charge < -0.3 is 14.2 Å². The van der Waals surface area contributed by atoms with E-state index in [2.05, 4.69) is 10.1 Å². The molecule has 0 aliphatic carbocycles. The van der Waals surface area contributed by atoms with Crippen molar-refractivity contribution in [3.63, 3.8) is 0 Å². The lowest BCUT2D eigenvalue weighted by atomic mass is 9.94. The van der Waals surface area contributed by atoms with Gasteiger partial charge in [-0.1, -0.05) is 17.3 Å². The maximum absolute atomic E-state index is 15.2. The lowest BCUT2D eigenvalue weighted by Gasteiger charge is -2.35. The van der Waals surface area contributed by atoms with Gasteiger partial charge in [0, 0.05) is 6.54 Å². The number of benzene rings is 1. The Morgan fingerprint density at radius 1 is 1.50 bits per heavy atom. The molecule has 1 fully saturated rings. The summed E-state index contributed by atoms with van der Waals surface area (Å²) in [6, 6.07) is 7.32. The molecule has 1 aromatic carbocycles. The highest BCUT2D eigenvalue weighted by Crippen LogP contribution is 2.34. The molecule has 3 rings (SSSR count). The number of ether oxygens (including phenoxy) is 1. The number of halogens is 1. The highest BCUT2D eigenvalue weighted by molar-refractivity contribution is 5.79. The fourth-order valence-electron chi connectivity index (χ4n) is 2.95. The molecule has 1 aromatic heterocycles. The van der Waals surface area contributed by atoms with E-state index in [1.807, 2.05) is 24.3 Å². The van der Waals surface area contributed by atoms with Gasteiger partial charge in [0.15, 0.2) is 5.82 Å². The molecule has 0 bridgehead atoms. The first kappa shape index (κ1) is 16.4. The molecule has 1 aliphatic rings. The van der Waals surface area contributed by atoms with Crippen LogP contribution in [0.4, 0.5) is 4.39 Å². The summed E-state index contributed by atoms with van der Waals surface area (Å²) in [5.41, 5.74) is -0.938. The monoisotopic (exact) mass is 333 g/mol. The van der Waals surface area contributed by atoms with Gasteiger partial charge in [-0.25, -0.2) is 4.39 Å². The van der Waals surface area contributed by atoms with Crippen LogP contribution in [-0.4, -0.2) is 41.1 Å². The number of aryl methyl sites for hydroxylation is 1. The summed E-state index contributed by atoms with van der Waals surface area (Å²) >= 11 is 0. The maximum atomic E-state index is 15.2. The number of methoxy groups -OCH3 is 1. The molecule has 7 heteroatoms. The molecule has 1 unspecified atom stereocenters. The Morgan fingerprint density at radius 2 is 2.33 bits per heavy atom. The van der Waals surface area contributed by atoms with Crippen molar-refractivity contribution >= 4 is 5.91 Å². The van der Waals surface area contributed by atoms with E-state index in [9.17, 15) is 4.79 Å². The first-order chi connectivity index (χ1) is 11.5. The van der Waals surface area contributed by atoms with E-state index in [-0.39, 0.29) is 31.2 Å². The SMILES string of the molecule is COc1cccc(CC(=O)N2CCCC(F)(c3nc(C)no3)C2)c1. The Hall–Kier alpha value is -2.44. The van der Waals surface area contributed by atoms with E-state index in [1.165, 1.54) is 4.90 Å². The summed E-state index contributed by atoms with van der Waals surface area (Å²) < 4.78 is 25.3. The molecule has 2 heterocycles. The first-order valence-corrected chi connectivity index (χ1v) is 7.90. The minimum Gasteiger partial charge on any atom is -0.497 e. The second-order valence-electron chi connectivity index (χ2n) is 6.06. The number of carbonyl (C=O) groups excluding carboxylic acids is 1. The molecule has 0 saturated carbocycles. The minimum absolute atomic E-state index is 0.0427. The van der Waals surface area contributed by atoms with Crippen LogP contribution in [-0.2, 0) is 16.9 Å². The van der Waals surface area contributed by atoms with E-state index in [0.717, 1.165) is 5.56 Å². The van der Waals surface area contributed by atoms with E-state index < -0.39 is 5.67 Å². The molecule has 1 atom stereocenters.